The fourth-order valence-electron chi connectivity index (χ4n) is 4.15. The van der Waals surface area contributed by atoms with Gasteiger partial charge in [-0.3, -0.25) is 9.59 Å². The molecule has 1 saturated heterocycles. The zero-order chi connectivity index (χ0) is 27.2. The Labute approximate surface area is 221 Å². The summed E-state index contributed by atoms with van der Waals surface area (Å²) in [7, 11) is -3.57. The van der Waals surface area contributed by atoms with Crippen molar-refractivity contribution >= 4 is 21.7 Å². The average molecular weight is 529 g/mol. The molecule has 1 aliphatic rings. The number of hydrogen-bond donors (Lipinski definition) is 2. The molecule has 8 heteroatoms. The molecule has 0 aliphatic carbocycles. The first-order valence-electron chi connectivity index (χ1n) is 12.9. The Balaban J connectivity index is 1.76. The highest BCUT2D eigenvalue weighted by atomic mass is 32.2. The van der Waals surface area contributed by atoms with Gasteiger partial charge in [0.2, 0.25) is 11.8 Å². The van der Waals surface area contributed by atoms with Gasteiger partial charge >= 0.3 is 0 Å². The molecule has 37 heavy (non-hydrogen) atoms. The molecule has 2 N–H and O–H groups in total. The molecule has 0 unspecified atom stereocenters. The van der Waals surface area contributed by atoms with Crippen molar-refractivity contribution < 1.29 is 22.7 Å². The Morgan fingerprint density at radius 3 is 1.86 bits per heavy atom. The lowest BCUT2D eigenvalue weighted by Crippen LogP contribution is -2.55. The number of amides is 2. The van der Waals surface area contributed by atoms with Crippen LogP contribution >= 0.6 is 0 Å². The third-order valence-electron chi connectivity index (χ3n) is 6.73. The van der Waals surface area contributed by atoms with Crippen molar-refractivity contribution in [2.75, 3.05) is 12.4 Å². The van der Waals surface area contributed by atoms with Crippen molar-refractivity contribution in [3.8, 4) is 0 Å². The largest absolute Gasteiger partial charge is 0.371 e. The van der Waals surface area contributed by atoms with Gasteiger partial charge in [0.05, 0.1) is 29.1 Å². The molecule has 202 valence electrons. The second kappa shape index (κ2) is 12.2. The van der Waals surface area contributed by atoms with Gasteiger partial charge in [-0.25, -0.2) is 8.42 Å². The number of sulfone groups is 1. The lowest BCUT2D eigenvalue weighted by Gasteiger charge is -2.28. The predicted octanol–water partition coefficient (Wildman–Crippen LogP) is 3.33. The van der Waals surface area contributed by atoms with E-state index in [0.717, 1.165) is 11.1 Å². The summed E-state index contributed by atoms with van der Waals surface area (Å²) in [5.41, 5.74) is 1.95. The Morgan fingerprint density at radius 2 is 1.41 bits per heavy atom. The first-order valence-corrected chi connectivity index (χ1v) is 14.5. The van der Waals surface area contributed by atoms with E-state index >= 15 is 0 Å². The normalized spacial score (nSPS) is 18.1. The van der Waals surface area contributed by atoms with E-state index in [-0.39, 0.29) is 36.1 Å². The monoisotopic (exact) mass is 528 g/mol. The van der Waals surface area contributed by atoms with E-state index in [1.807, 2.05) is 74.5 Å². The smallest absolute Gasteiger partial charge is 0.243 e. The number of benzene rings is 2. The molecule has 7 nitrogen and oxygen atoms in total. The van der Waals surface area contributed by atoms with Crippen LogP contribution in [0.25, 0.3) is 0 Å². The zero-order valence-corrected chi connectivity index (χ0v) is 23.3. The van der Waals surface area contributed by atoms with E-state index < -0.39 is 32.5 Å². The SMILES string of the molecule is CC(C)[C@H](NC(=O)[C@H](Cc1ccccc1)CS(=O)(=O)C(C)(C)C)C(=O)N[C@@H](Cc1ccccc1)[C@H]1CO1. The topological polar surface area (TPSA) is 105 Å². The number of carbonyl (C=O) groups is 2. The molecule has 0 saturated carbocycles. The second-order valence-electron chi connectivity index (χ2n) is 11.2. The van der Waals surface area contributed by atoms with E-state index in [0.29, 0.717) is 13.0 Å². The van der Waals surface area contributed by atoms with Crippen LogP contribution in [0.5, 0.6) is 0 Å². The van der Waals surface area contributed by atoms with Crippen molar-refractivity contribution in [3.63, 3.8) is 0 Å². The Morgan fingerprint density at radius 1 is 0.892 bits per heavy atom. The lowest BCUT2D eigenvalue weighted by molar-refractivity contribution is -0.132. The van der Waals surface area contributed by atoms with Crippen LogP contribution in [0.3, 0.4) is 0 Å². The average Bonchev–Trinajstić information content (AvgIpc) is 3.67. The van der Waals surface area contributed by atoms with Crippen LogP contribution in [0.2, 0.25) is 0 Å². The summed E-state index contributed by atoms with van der Waals surface area (Å²) >= 11 is 0. The van der Waals surface area contributed by atoms with Crippen LogP contribution in [0, 0.1) is 11.8 Å². The van der Waals surface area contributed by atoms with Crippen LogP contribution in [0.1, 0.15) is 45.7 Å². The quantitative estimate of drug-likeness (QED) is 0.411. The third-order valence-corrected chi connectivity index (χ3v) is 9.44. The van der Waals surface area contributed by atoms with Gasteiger partial charge in [0.15, 0.2) is 9.84 Å². The highest BCUT2D eigenvalue weighted by molar-refractivity contribution is 7.92. The number of epoxide rings is 1. The van der Waals surface area contributed by atoms with E-state index in [9.17, 15) is 18.0 Å². The van der Waals surface area contributed by atoms with Gasteiger partial charge in [-0.05, 0) is 50.7 Å². The zero-order valence-electron chi connectivity index (χ0n) is 22.4. The van der Waals surface area contributed by atoms with Crippen molar-refractivity contribution in [1.29, 1.82) is 0 Å². The minimum Gasteiger partial charge on any atom is -0.371 e. The molecule has 1 aliphatic heterocycles. The van der Waals surface area contributed by atoms with Crippen LogP contribution in [-0.2, 0) is 37.0 Å². The minimum atomic E-state index is -3.57. The minimum absolute atomic E-state index is 0.0598. The molecule has 2 aromatic rings. The van der Waals surface area contributed by atoms with Crippen LogP contribution in [-0.4, -0.2) is 55.5 Å². The van der Waals surface area contributed by atoms with Crippen molar-refractivity contribution in [2.45, 2.75) is 70.4 Å². The molecule has 1 fully saturated rings. The summed E-state index contributed by atoms with van der Waals surface area (Å²) in [4.78, 5) is 26.9. The summed E-state index contributed by atoms with van der Waals surface area (Å²) < 4.78 is 30.6. The third kappa shape index (κ3) is 8.40. The molecule has 1 heterocycles. The van der Waals surface area contributed by atoms with Crippen molar-refractivity contribution in [2.24, 2.45) is 11.8 Å². The molecule has 2 amide bonds. The molecule has 0 aromatic heterocycles. The predicted molar refractivity (Wildman–Crippen MR) is 146 cm³/mol. The summed E-state index contributed by atoms with van der Waals surface area (Å²) in [5.74, 6) is -2.05. The first-order chi connectivity index (χ1) is 17.4. The van der Waals surface area contributed by atoms with E-state index in [1.54, 1.807) is 20.8 Å². The number of carbonyl (C=O) groups excluding carboxylic acids is 2. The van der Waals surface area contributed by atoms with E-state index in [1.165, 1.54) is 0 Å². The van der Waals surface area contributed by atoms with E-state index in [2.05, 4.69) is 10.6 Å². The van der Waals surface area contributed by atoms with Gasteiger partial charge in [-0.1, -0.05) is 74.5 Å². The van der Waals surface area contributed by atoms with Crippen molar-refractivity contribution in [1.82, 2.24) is 10.6 Å². The fourth-order valence-corrected chi connectivity index (χ4v) is 5.45. The Hall–Kier alpha value is -2.71. The highest BCUT2D eigenvalue weighted by Gasteiger charge is 2.38. The summed E-state index contributed by atoms with van der Waals surface area (Å²) in [6, 6.07) is 18.2. The molecular formula is C29H40N2O5S. The molecule has 0 spiro atoms. The molecule has 3 rings (SSSR count). The number of nitrogens with one attached hydrogen (secondary N) is 2. The maximum atomic E-state index is 13.5. The van der Waals surface area contributed by atoms with Gasteiger partial charge in [-0.2, -0.15) is 0 Å². The lowest BCUT2D eigenvalue weighted by atomic mass is 9.97. The summed E-state index contributed by atoms with van der Waals surface area (Å²) in [6.07, 6.45) is 0.827. The van der Waals surface area contributed by atoms with Gasteiger partial charge in [-0.15, -0.1) is 0 Å². The van der Waals surface area contributed by atoms with Crippen molar-refractivity contribution in [3.05, 3.63) is 71.8 Å². The van der Waals surface area contributed by atoms with Crippen LogP contribution < -0.4 is 10.6 Å². The fraction of sp³-hybridized carbons (Fsp3) is 0.517. The molecule has 0 bridgehead atoms. The van der Waals surface area contributed by atoms with Crippen LogP contribution in [0.15, 0.2) is 60.7 Å². The number of hydrogen-bond acceptors (Lipinski definition) is 5. The first kappa shape index (κ1) is 28.9. The van der Waals surface area contributed by atoms with Gasteiger partial charge in [0, 0.05) is 0 Å². The molecule has 0 radical (unpaired) electrons. The van der Waals surface area contributed by atoms with Gasteiger partial charge in [0.25, 0.3) is 0 Å². The Kier molecular flexibility index (Phi) is 9.53. The summed E-state index contributed by atoms with van der Waals surface area (Å²) in [6.45, 7) is 9.22. The van der Waals surface area contributed by atoms with Gasteiger partial charge < -0.3 is 15.4 Å². The summed E-state index contributed by atoms with van der Waals surface area (Å²) in [5, 5.41) is 5.96. The Bertz CT molecular complexity index is 1140. The molecule has 2 aromatic carbocycles. The maximum Gasteiger partial charge on any atom is 0.243 e. The van der Waals surface area contributed by atoms with Gasteiger partial charge in [0.1, 0.15) is 12.1 Å². The second-order valence-corrected chi connectivity index (χ2v) is 14.0. The number of ether oxygens (including phenoxy) is 1. The standard InChI is InChI=1S/C29H40N2O5S/c1-20(2)26(28(33)30-24(25-18-36-25)17-22-14-10-7-11-15-22)31-27(32)23(16-21-12-8-6-9-13-21)19-37(34,35)29(3,4)5/h6-15,20,23-26H,16-19H2,1-5H3,(H,30,33)(H,31,32)/t23-,24+,25-,26+/m1/s1. The maximum absolute atomic E-state index is 13.5. The van der Waals surface area contributed by atoms with E-state index in [4.69, 9.17) is 4.74 Å². The number of rotatable bonds is 12. The molecule has 4 atom stereocenters. The van der Waals surface area contributed by atoms with Crippen LogP contribution in [0.4, 0.5) is 0 Å². The highest BCUT2D eigenvalue weighted by Crippen LogP contribution is 2.22. The molecular weight excluding hydrogens is 488 g/mol.